The van der Waals surface area contributed by atoms with Crippen LogP contribution in [0.25, 0.3) is 133 Å². The maximum absolute atomic E-state index is 4.69. The lowest BCUT2D eigenvalue weighted by atomic mass is 9.74. The zero-order valence-electron chi connectivity index (χ0n) is 39.6. The summed E-state index contributed by atoms with van der Waals surface area (Å²) in [5.41, 5.74) is 22.3. The van der Waals surface area contributed by atoms with Gasteiger partial charge in [0, 0.05) is 11.6 Å². The topological polar surface area (TPSA) is 12.9 Å². The molecule has 1 aromatic heterocycles. The highest BCUT2D eigenvalue weighted by molar-refractivity contribution is 6.22. The van der Waals surface area contributed by atoms with Crippen LogP contribution in [0, 0.1) is 0 Å². The number of rotatable bonds is 9. The first-order chi connectivity index (χ1) is 35.8. The number of benzene rings is 12. The van der Waals surface area contributed by atoms with E-state index in [1.54, 1.807) is 0 Å². The van der Waals surface area contributed by atoms with Gasteiger partial charge >= 0.3 is 0 Å². The second-order valence-electron chi connectivity index (χ2n) is 18.5. The molecular weight excluding hydrogens is 867 g/mol. The number of pyridine rings is 1. The molecule has 12 aromatic carbocycles. The Hall–Kier alpha value is -9.43. The Bertz CT molecular complexity index is 3950. The Morgan fingerprint density at radius 2 is 0.472 bits per heavy atom. The van der Waals surface area contributed by atoms with E-state index in [1.807, 2.05) is 12.3 Å². The van der Waals surface area contributed by atoms with Crippen molar-refractivity contribution in [1.82, 2.24) is 4.98 Å². The molecule has 0 bridgehead atoms. The lowest BCUT2D eigenvalue weighted by Crippen LogP contribution is -2.02. The van der Waals surface area contributed by atoms with Crippen LogP contribution in [-0.4, -0.2) is 4.98 Å². The van der Waals surface area contributed by atoms with Gasteiger partial charge < -0.3 is 0 Å². The molecule has 0 saturated heterocycles. The quantitative estimate of drug-likeness (QED) is 0.132. The molecule has 13 aromatic rings. The summed E-state index contributed by atoms with van der Waals surface area (Å²) in [5.74, 6) is 0. The third kappa shape index (κ3) is 7.56. The van der Waals surface area contributed by atoms with Gasteiger partial charge in [0.15, 0.2) is 0 Å². The van der Waals surface area contributed by atoms with Crippen LogP contribution in [0.1, 0.15) is 0 Å². The molecule has 0 aliphatic rings. The maximum Gasteiger partial charge on any atom is 0.0708 e. The molecule has 0 aliphatic heterocycles. The van der Waals surface area contributed by atoms with Crippen molar-refractivity contribution in [2.24, 2.45) is 0 Å². The van der Waals surface area contributed by atoms with Crippen LogP contribution in [0.4, 0.5) is 0 Å². The summed E-state index contributed by atoms with van der Waals surface area (Å²) in [6, 6.07) is 102. The lowest BCUT2D eigenvalue weighted by Gasteiger charge is -2.29. The Balaban J connectivity index is 1.12. The first-order valence-corrected chi connectivity index (χ1v) is 24.8. The average molecular weight is 914 g/mol. The molecule has 0 amide bonds. The maximum atomic E-state index is 4.69. The first kappa shape index (κ1) is 42.7. The van der Waals surface area contributed by atoms with Crippen LogP contribution in [0.5, 0.6) is 0 Å². The number of fused-ring (bicyclic) bond motifs is 3. The number of nitrogens with zero attached hydrogens (tertiary/aromatic N) is 1. The summed E-state index contributed by atoms with van der Waals surface area (Å²) < 4.78 is 0. The Morgan fingerprint density at radius 3 is 0.861 bits per heavy atom. The molecule has 13 rings (SSSR count). The minimum Gasteiger partial charge on any atom is -0.256 e. The van der Waals surface area contributed by atoms with Crippen molar-refractivity contribution in [2.75, 3.05) is 0 Å². The van der Waals surface area contributed by atoms with Gasteiger partial charge in [-0.15, -0.1) is 0 Å². The summed E-state index contributed by atoms with van der Waals surface area (Å²) in [7, 11) is 0. The summed E-state index contributed by atoms with van der Waals surface area (Å²) in [5, 5.41) is 6.00. The third-order valence-electron chi connectivity index (χ3n) is 14.3. The van der Waals surface area contributed by atoms with Crippen molar-refractivity contribution in [3.05, 3.63) is 285 Å². The molecule has 0 radical (unpaired) electrons. The smallest absolute Gasteiger partial charge is 0.0708 e. The Morgan fingerprint density at radius 1 is 0.181 bits per heavy atom. The summed E-state index contributed by atoms with van der Waals surface area (Å²) in [6.07, 6.45) is 1.87. The van der Waals surface area contributed by atoms with Crippen molar-refractivity contribution >= 4 is 32.4 Å². The number of hydrogen-bond donors (Lipinski definition) is 0. The summed E-state index contributed by atoms with van der Waals surface area (Å²) >= 11 is 0. The summed E-state index contributed by atoms with van der Waals surface area (Å²) in [6.45, 7) is 0. The zero-order chi connectivity index (χ0) is 47.8. The van der Waals surface area contributed by atoms with E-state index >= 15 is 0 Å². The fourth-order valence-electron chi connectivity index (χ4n) is 11.2. The molecule has 0 unspecified atom stereocenters. The van der Waals surface area contributed by atoms with Crippen LogP contribution in [0.15, 0.2) is 285 Å². The van der Waals surface area contributed by atoms with E-state index in [2.05, 4.69) is 278 Å². The zero-order valence-corrected chi connectivity index (χ0v) is 39.6. The molecule has 1 nitrogen and oxygen atoms in total. The fraction of sp³-hybridized carbons (Fsp3) is 0. The minimum atomic E-state index is 0.995. The predicted molar refractivity (Wildman–Crippen MR) is 306 cm³/mol. The normalized spacial score (nSPS) is 11.3. The monoisotopic (exact) mass is 913 g/mol. The number of hydrogen-bond acceptors (Lipinski definition) is 1. The highest BCUT2D eigenvalue weighted by Gasteiger charge is 2.29. The van der Waals surface area contributed by atoms with Crippen molar-refractivity contribution in [3.63, 3.8) is 0 Å². The second-order valence-corrected chi connectivity index (χ2v) is 18.5. The van der Waals surface area contributed by atoms with Gasteiger partial charge in [-0.25, -0.2) is 0 Å². The molecule has 0 fully saturated rings. The van der Waals surface area contributed by atoms with Crippen molar-refractivity contribution < 1.29 is 0 Å². The van der Waals surface area contributed by atoms with Crippen LogP contribution in [0.3, 0.4) is 0 Å². The molecule has 1 heterocycles. The molecular formula is C71H47N. The molecule has 0 saturated carbocycles. The van der Waals surface area contributed by atoms with Crippen molar-refractivity contribution in [3.8, 4) is 100 Å². The largest absolute Gasteiger partial charge is 0.256 e. The van der Waals surface area contributed by atoms with Crippen LogP contribution >= 0.6 is 0 Å². The van der Waals surface area contributed by atoms with E-state index in [1.165, 1.54) is 88.3 Å². The van der Waals surface area contributed by atoms with Crippen LogP contribution < -0.4 is 0 Å². The molecule has 0 spiro atoms. The van der Waals surface area contributed by atoms with E-state index < -0.39 is 0 Å². The van der Waals surface area contributed by atoms with Crippen molar-refractivity contribution in [2.45, 2.75) is 0 Å². The first-order valence-electron chi connectivity index (χ1n) is 24.8. The van der Waals surface area contributed by atoms with Gasteiger partial charge in [0.2, 0.25) is 0 Å². The van der Waals surface area contributed by atoms with Gasteiger partial charge in [0.25, 0.3) is 0 Å². The fourth-order valence-corrected chi connectivity index (χ4v) is 11.2. The van der Waals surface area contributed by atoms with Gasteiger partial charge in [0.1, 0.15) is 0 Å². The highest BCUT2D eigenvalue weighted by atomic mass is 14.6. The number of aromatic nitrogens is 1. The molecule has 336 valence electrons. The predicted octanol–water partition coefficient (Wildman–Crippen LogP) is 19.5. The average Bonchev–Trinajstić information content (AvgIpc) is 3.46. The van der Waals surface area contributed by atoms with Crippen LogP contribution in [-0.2, 0) is 0 Å². The van der Waals surface area contributed by atoms with E-state index in [9.17, 15) is 0 Å². The lowest BCUT2D eigenvalue weighted by molar-refractivity contribution is 1.41. The third-order valence-corrected chi connectivity index (χ3v) is 14.3. The Labute approximate surface area is 420 Å². The van der Waals surface area contributed by atoms with E-state index in [-0.39, 0.29) is 0 Å². The SMILES string of the molecule is c1ccc(-c2c(-c3ccccc3)c(-c3ccccc3)c(-c3cccc(-c4c5ccccc5c(-c5cccc(-c6ccc7cccnc7c6)c5)c5ccccc45)c3)c(-c3ccccc3)c2-c2ccccc2)cc1. The molecule has 0 aliphatic carbocycles. The summed E-state index contributed by atoms with van der Waals surface area (Å²) in [4.78, 5) is 4.69. The van der Waals surface area contributed by atoms with Gasteiger partial charge in [-0.3, -0.25) is 4.98 Å². The standard InChI is InChI=1S/C71H47N/c1-6-23-49(24-7-1)66-67(50-25-8-2-9-26-50)69(52-29-12-4-13-30-52)71(70(53-31-14-5-15-32-53)68(66)51-27-10-3-11-28-51)58-36-21-35-57(46-58)65-61-40-18-16-38-59(61)64(60-39-17-19-41-62(60)65)56-34-20-33-54(45-56)55-43-42-48-37-22-44-72-63(48)47-55/h1-47H. The van der Waals surface area contributed by atoms with Crippen molar-refractivity contribution in [1.29, 1.82) is 0 Å². The molecule has 72 heavy (non-hydrogen) atoms. The van der Waals surface area contributed by atoms with Crippen LogP contribution in [0.2, 0.25) is 0 Å². The van der Waals surface area contributed by atoms with Gasteiger partial charge in [-0.05, 0) is 146 Å². The molecule has 0 atom stereocenters. The van der Waals surface area contributed by atoms with Gasteiger partial charge in [-0.1, -0.05) is 255 Å². The second kappa shape index (κ2) is 18.5. The van der Waals surface area contributed by atoms with E-state index in [0.717, 1.165) is 44.3 Å². The van der Waals surface area contributed by atoms with E-state index in [4.69, 9.17) is 0 Å². The van der Waals surface area contributed by atoms with Gasteiger partial charge in [0.05, 0.1) is 5.52 Å². The van der Waals surface area contributed by atoms with Gasteiger partial charge in [-0.2, -0.15) is 0 Å². The minimum absolute atomic E-state index is 0.995. The van der Waals surface area contributed by atoms with E-state index in [0.29, 0.717) is 0 Å². The Kier molecular flexibility index (Phi) is 10.9. The molecule has 0 N–H and O–H groups in total. The molecule has 1 heteroatoms. The highest BCUT2D eigenvalue weighted by Crippen LogP contribution is 2.56.